The highest BCUT2D eigenvalue weighted by Crippen LogP contribution is 2.07. The molecule has 1 unspecified atom stereocenters. The fraction of sp³-hybridized carbons (Fsp3) is 0.333. The lowest BCUT2D eigenvalue weighted by Crippen LogP contribution is -2.46. The lowest BCUT2D eigenvalue weighted by Gasteiger charge is -2.13. The van der Waals surface area contributed by atoms with Crippen LogP contribution in [0.15, 0.2) is 35.2 Å². The van der Waals surface area contributed by atoms with Crippen molar-refractivity contribution in [3.63, 3.8) is 0 Å². The minimum Gasteiger partial charge on any atom is -0.468 e. The fourth-order valence-corrected chi connectivity index (χ4v) is 2.56. The van der Waals surface area contributed by atoms with Crippen molar-refractivity contribution in [2.24, 2.45) is 0 Å². The molecule has 1 amide bonds. The van der Waals surface area contributed by atoms with E-state index in [2.05, 4.69) is 14.8 Å². The molecule has 0 radical (unpaired) electrons. The molecule has 0 heterocycles. The van der Waals surface area contributed by atoms with E-state index in [1.807, 2.05) is 0 Å². The minimum absolute atomic E-state index is 0.0626. The number of hydrogen-bond donors (Lipinski definition) is 2. The van der Waals surface area contributed by atoms with E-state index in [9.17, 15) is 18.0 Å². The Morgan fingerprint density at radius 1 is 1.25 bits per heavy atom. The van der Waals surface area contributed by atoms with Gasteiger partial charge in [-0.15, -0.1) is 0 Å². The van der Waals surface area contributed by atoms with Crippen LogP contribution in [0.25, 0.3) is 0 Å². The van der Waals surface area contributed by atoms with Crippen molar-refractivity contribution in [1.29, 1.82) is 0 Å². The number of sulfonamides is 1. The number of ether oxygens (including phenoxy) is 1. The number of methoxy groups -OCH3 is 1. The molecule has 110 valence electrons. The molecule has 1 aromatic rings. The van der Waals surface area contributed by atoms with E-state index in [1.54, 1.807) is 18.2 Å². The van der Waals surface area contributed by atoms with Crippen LogP contribution in [0.5, 0.6) is 0 Å². The Morgan fingerprint density at radius 3 is 2.40 bits per heavy atom. The molecular formula is C12H16N2O5S. The van der Waals surface area contributed by atoms with Crippen molar-refractivity contribution in [1.82, 2.24) is 10.0 Å². The van der Waals surface area contributed by atoms with E-state index in [4.69, 9.17) is 0 Å². The van der Waals surface area contributed by atoms with Gasteiger partial charge in [0.05, 0.1) is 18.0 Å². The Kier molecular flexibility index (Phi) is 5.66. The number of benzene rings is 1. The highest BCUT2D eigenvalue weighted by atomic mass is 32.2. The number of nitrogens with one attached hydrogen (secondary N) is 2. The number of carbonyl (C=O) groups is 2. The number of rotatable bonds is 6. The van der Waals surface area contributed by atoms with Crippen LogP contribution in [0.4, 0.5) is 0 Å². The Bertz CT molecular complexity index is 571. The molecule has 0 saturated heterocycles. The van der Waals surface area contributed by atoms with Gasteiger partial charge in [-0.1, -0.05) is 18.2 Å². The van der Waals surface area contributed by atoms with E-state index >= 15 is 0 Å². The van der Waals surface area contributed by atoms with Crippen LogP contribution in [0.3, 0.4) is 0 Å². The third-order valence-electron chi connectivity index (χ3n) is 2.41. The van der Waals surface area contributed by atoms with E-state index in [0.29, 0.717) is 0 Å². The van der Waals surface area contributed by atoms with Gasteiger partial charge in [0.1, 0.15) is 6.54 Å². The van der Waals surface area contributed by atoms with Crippen LogP contribution in [-0.2, 0) is 24.3 Å². The molecule has 20 heavy (non-hydrogen) atoms. The fourth-order valence-electron chi connectivity index (χ4n) is 1.34. The van der Waals surface area contributed by atoms with Crippen molar-refractivity contribution >= 4 is 21.9 Å². The molecule has 0 spiro atoms. The summed E-state index contributed by atoms with van der Waals surface area (Å²) < 4.78 is 30.5. The summed E-state index contributed by atoms with van der Waals surface area (Å²) in [7, 11) is -2.59. The standard InChI is InChI=1S/C12H16N2O5S/c1-9(12(16)13-8-11(15)19-2)14-20(17,18)10-6-4-3-5-7-10/h3-7,9,14H,8H2,1-2H3,(H,13,16). The van der Waals surface area contributed by atoms with Gasteiger partial charge in [0.15, 0.2) is 0 Å². The van der Waals surface area contributed by atoms with Crippen molar-refractivity contribution in [3.8, 4) is 0 Å². The van der Waals surface area contributed by atoms with E-state index in [-0.39, 0.29) is 11.4 Å². The monoisotopic (exact) mass is 300 g/mol. The van der Waals surface area contributed by atoms with Crippen molar-refractivity contribution in [3.05, 3.63) is 30.3 Å². The largest absolute Gasteiger partial charge is 0.468 e. The van der Waals surface area contributed by atoms with Crippen LogP contribution in [0.2, 0.25) is 0 Å². The molecule has 0 aliphatic rings. The highest BCUT2D eigenvalue weighted by molar-refractivity contribution is 7.89. The summed E-state index contributed by atoms with van der Waals surface area (Å²) in [4.78, 5) is 22.6. The molecule has 1 atom stereocenters. The van der Waals surface area contributed by atoms with Crippen molar-refractivity contribution in [2.45, 2.75) is 17.9 Å². The molecule has 0 aliphatic carbocycles. The van der Waals surface area contributed by atoms with Gasteiger partial charge < -0.3 is 10.1 Å². The summed E-state index contributed by atoms with van der Waals surface area (Å²) in [5.41, 5.74) is 0. The lowest BCUT2D eigenvalue weighted by atomic mass is 10.3. The SMILES string of the molecule is COC(=O)CNC(=O)C(C)NS(=O)(=O)c1ccccc1. The molecule has 7 nitrogen and oxygen atoms in total. The Morgan fingerprint density at radius 2 is 1.85 bits per heavy atom. The molecule has 0 aromatic heterocycles. The zero-order valence-corrected chi connectivity index (χ0v) is 11.9. The summed E-state index contributed by atoms with van der Waals surface area (Å²) >= 11 is 0. The zero-order valence-electron chi connectivity index (χ0n) is 11.1. The molecule has 8 heteroatoms. The number of amides is 1. The Labute approximate surface area is 117 Å². The third-order valence-corrected chi connectivity index (χ3v) is 3.97. The highest BCUT2D eigenvalue weighted by Gasteiger charge is 2.22. The molecule has 1 rings (SSSR count). The summed E-state index contributed by atoms with van der Waals surface area (Å²) in [6, 6.07) is 6.67. The molecule has 1 aromatic carbocycles. The first-order valence-corrected chi connectivity index (χ1v) is 7.27. The maximum absolute atomic E-state index is 12.0. The number of hydrogen-bond acceptors (Lipinski definition) is 5. The Hall–Kier alpha value is -1.93. The van der Waals surface area contributed by atoms with Gasteiger partial charge >= 0.3 is 5.97 Å². The van der Waals surface area contributed by atoms with Gasteiger partial charge in [-0.2, -0.15) is 4.72 Å². The van der Waals surface area contributed by atoms with Gasteiger partial charge in [0.2, 0.25) is 15.9 Å². The predicted molar refractivity (Wildman–Crippen MR) is 71.3 cm³/mol. The number of esters is 1. The molecular weight excluding hydrogens is 284 g/mol. The molecule has 0 saturated carbocycles. The van der Waals surface area contributed by atoms with Gasteiger partial charge in [-0.3, -0.25) is 9.59 Å². The van der Waals surface area contributed by atoms with Crippen molar-refractivity contribution in [2.75, 3.05) is 13.7 Å². The topological polar surface area (TPSA) is 102 Å². The molecule has 0 fully saturated rings. The maximum Gasteiger partial charge on any atom is 0.325 e. The van der Waals surface area contributed by atoms with Gasteiger partial charge in [-0.05, 0) is 19.1 Å². The smallest absolute Gasteiger partial charge is 0.325 e. The summed E-state index contributed by atoms with van der Waals surface area (Å²) in [5.74, 6) is -1.23. The van der Waals surface area contributed by atoms with Gasteiger partial charge in [0, 0.05) is 0 Å². The van der Waals surface area contributed by atoms with Gasteiger partial charge in [-0.25, -0.2) is 8.42 Å². The summed E-state index contributed by atoms with van der Waals surface area (Å²) in [5, 5.41) is 2.27. The summed E-state index contributed by atoms with van der Waals surface area (Å²) in [6.07, 6.45) is 0. The molecule has 2 N–H and O–H groups in total. The first-order valence-electron chi connectivity index (χ1n) is 5.78. The minimum atomic E-state index is -3.78. The third kappa shape index (κ3) is 4.63. The first-order chi connectivity index (χ1) is 9.36. The zero-order chi connectivity index (χ0) is 15.2. The second-order valence-corrected chi connectivity index (χ2v) is 5.66. The average Bonchev–Trinajstić information content (AvgIpc) is 2.44. The summed E-state index contributed by atoms with van der Waals surface area (Å²) in [6.45, 7) is 1.07. The van der Waals surface area contributed by atoms with E-state index in [1.165, 1.54) is 26.2 Å². The van der Waals surface area contributed by atoms with Crippen LogP contribution in [-0.4, -0.2) is 40.0 Å². The van der Waals surface area contributed by atoms with E-state index in [0.717, 1.165) is 0 Å². The van der Waals surface area contributed by atoms with E-state index < -0.39 is 27.9 Å². The maximum atomic E-state index is 12.0. The van der Waals surface area contributed by atoms with Crippen LogP contribution in [0.1, 0.15) is 6.92 Å². The van der Waals surface area contributed by atoms with Crippen LogP contribution in [0, 0.1) is 0 Å². The normalized spacial score (nSPS) is 12.5. The Balaban J connectivity index is 2.63. The predicted octanol–water partition coefficient (Wildman–Crippen LogP) is -0.357. The first kappa shape index (κ1) is 16.1. The lowest BCUT2D eigenvalue weighted by molar-refractivity contribution is -0.141. The second kappa shape index (κ2) is 7.01. The van der Waals surface area contributed by atoms with Gasteiger partial charge in [0.25, 0.3) is 0 Å². The van der Waals surface area contributed by atoms with Crippen molar-refractivity contribution < 1.29 is 22.7 Å². The average molecular weight is 300 g/mol. The van der Waals surface area contributed by atoms with Crippen LogP contribution >= 0.6 is 0 Å². The quantitative estimate of drug-likeness (QED) is 0.699. The van der Waals surface area contributed by atoms with Crippen LogP contribution < -0.4 is 10.0 Å². The molecule has 0 bridgehead atoms. The molecule has 0 aliphatic heterocycles. The second-order valence-electron chi connectivity index (χ2n) is 3.95. The number of carbonyl (C=O) groups excluding carboxylic acids is 2.